The Morgan fingerprint density at radius 3 is 2.92 bits per heavy atom. The molecule has 0 spiro atoms. The standard InChI is InChI=1S/C19H24F2N2O2/c1-13-18(12-23-9-3-2-5-15(23)6-4-10-24)22-19(25-13)16-8-7-14(20)11-17(16)21/h7-8,11,15,24H,2-6,9-10,12H2,1H3. The largest absolute Gasteiger partial charge is 0.441 e. The zero-order valence-corrected chi connectivity index (χ0v) is 14.5. The summed E-state index contributed by atoms with van der Waals surface area (Å²) in [4.78, 5) is 6.83. The van der Waals surface area contributed by atoms with Gasteiger partial charge in [-0.3, -0.25) is 4.90 Å². The molecular weight excluding hydrogens is 326 g/mol. The number of likely N-dealkylation sites (tertiary alicyclic amines) is 1. The molecule has 1 fully saturated rings. The summed E-state index contributed by atoms with van der Waals surface area (Å²) >= 11 is 0. The van der Waals surface area contributed by atoms with Crippen LogP contribution in [0, 0.1) is 18.6 Å². The number of hydrogen-bond donors (Lipinski definition) is 1. The fourth-order valence-electron chi connectivity index (χ4n) is 3.47. The molecule has 1 aliphatic rings. The average molecular weight is 350 g/mol. The van der Waals surface area contributed by atoms with Crippen molar-refractivity contribution in [2.24, 2.45) is 0 Å². The van der Waals surface area contributed by atoms with Gasteiger partial charge in [0.2, 0.25) is 5.89 Å². The number of rotatable bonds is 6. The average Bonchev–Trinajstić information content (AvgIpc) is 2.94. The third-order valence-corrected chi connectivity index (χ3v) is 4.85. The van der Waals surface area contributed by atoms with Crippen molar-refractivity contribution in [2.45, 2.75) is 51.6 Å². The SMILES string of the molecule is Cc1oc(-c2ccc(F)cc2F)nc1CN1CCCCC1CCCO. The number of aliphatic hydroxyl groups excluding tert-OH is 1. The quantitative estimate of drug-likeness (QED) is 0.854. The molecule has 0 saturated carbocycles. The maximum absolute atomic E-state index is 14.0. The third kappa shape index (κ3) is 4.25. The van der Waals surface area contributed by atoms with E-state index >= 15 is 0 Å². The number of nitrogens with zero attached hydrogens (tertiary/aromatic N) is 2. The number of aliphatic hydroxyl groups is 1. The maximum atomic E-state index is 14.0. The van der Waals surface area contributed by atoms with Crippen LogP contribution in [0.15, 0.2) is 22.6 Å². The molecule has 25 heavy (non-hydrogen) atoms. The van der Waals surface area contributed by atoms with Gasteiger partial charge in [-0.05, 0) is 51.3 Å². The van der Waals surface area contributed by atoms with Crippen molar-refractivity contribution in [1.82, 2.24) is 9.88 Å². The van der Waals surface area contributed by atoms with Crippen LogP contribution in [0.2, 0.25) is 0 Å². The Balaban J connectivity index is 1.77. The summed E-state index contributed by atoms with van der Waals surface area (Å²) < 4.78 is 32.7. The monoisotopic (exact) mass is 350 g/mol. The molecule has 6 heteroatoms. The van der Waals surface area contributed by atoms with Crippen LogP contribution in [0.25, 0.3) is 11.5 Å². The molecule has 0 aliphatic carbocycles. The lowest BCUT2D eigenvalue weighted by Gasteiger charge is -2.35. The Morgan fingerprint density at radius 2 is 2.16 bits per heavy atom. The Hall–Kier alpha value is -1.79. The summed E-state index contributed by atoms with van der Waals surface area (Å²) in [5.74, 6) is -0.449. The summed E-state index contributed by atoms with van der Waals surface area (Å²) in [6, 6.07) is 3.82. The van der Waals surface area contributed by atoms with Crippen molar-refractivity contribution < 1.29 is 18.3 Å². The molecule has 1 saturated heterocycles. The van der Waals surface area contributed by atoms with Crippen LogP contribution in [0.5, 0.6) is 0 Å². The number of piperidine rings is 1. The molecular formula is C19H24F2N2O2. The summed E-state index contributed by atoms with van der Waals surface area (Å²) in [5.41, 5.74) is 0.959. The first-order valence-electron chi connectivity index (χ1n) is 8.85. The van der Waals surface area contributed by atoms with Crippen LogP contribution in [0.4, 0.5) is 8.78 Å². The van der Waals surface area contributed by atoms with E-state index in [0.717, 1.165) is 44.0 Å². The summed E-state index contributed by atoms with van der Waals surface area (Å²) in [6.45, 7) is 3.66. The van der Waals surface area contributed by atoms with Gasteiger partial charge < -0.3 is 9.52 Å². The van der Waals surface area contributed by atoms with E-state index in [0.29, 0.717) is 18.3 Å². The summed E-state index contributed by atoms with van der Waals surface area (Å²) in [7, 11) is 0. The Labute approximate surface area is 146 Å². The van der Waals surface area contributed by atoms with Gasteiger partial charge in [-0.25, -0.2) is 13.8 Å². The van der Waals surface area contributed by atoms with Crippen LogP contribution in [-0.2, 0) is 6.54 Å². The van der Waals surface area contributed by atoms with E-state index in [4.69, 9.17) is 9.52 Å². The van der Waals surface area contributed by atoms with Gasteiger partial charge in [-0.15, -0.1) is 0 Å². The highest BCUT2D eigenvalue weighted by Gasteiger charge is 2.24. The van der Waals surface area contributed by atoms with E-state index in [1.54, 1.807) is 0 Å². The van der Waals surface area contributed by atoms with Gasteiger partial charge in [0, 0.05) is 25.3 Å². The minimum atomic E-state index is -0.674. The second kappa shape index (κ2) is 8.06. The van der Waals surface area contributed by atoms with E-state index in [9.17, 15) is 8.78 Å². The molecule has 1 N–H and O–H groups in total. The second-order valence-electron chi connectivity index (χ2n) is 6.63. The van der Waals surface area contributed by atoms with Crippen molar-refractivity contribution in [3.05, 3.63) is 41.3 Å². The highest BCUT2D eigenvalue weighted by molar-refractivity contribution is 5.54. The molecule has 1 atom stereocenters. The van der Waals surface area contributed by atoms with Gasteiger partial charge in [-0.1, -0.05) is 6.42 Å². The van der Waals surface area contributed by atoms with Gasteiger partial charge in [0.1, 0.15) is 17.4 Å². The lowest BCUT2D eigenvalue weighted by Crippen LogP contribution is -2.39. The summed E-state index contributed by atoms with van der Waals surface area (Å²) in [5, 5.41) is 9.08. The molecule has 0 bridgehead atoms. The van der Waals surface area contributed by atoms with E-state index in [1.165, 1.54) is 18.6 Å². The zero-order chi connectivity index (χ0) is 17.8. The number of hydrogen-bond acceptors (Lipinski definition) is 4. The highest BCUT2D eigenvalue weighted by atomic mass is 19.1. The summed E-state index contributed by atoms with van der Waals surface area (Å²) in [6.07, 6.45) is 5.23. The third-order valence-electron chi connectivity index (χ3n) is 4.85. The predicted molar refractivity (Wildman–Crippen MR) is 91.0 cm³/mol. The number of oxazole rings is 1. The van der Waals surface area contributed by atoms with E-state index < -0.39 is 11.6 Å². The van der Waals surface area contributed by atoms with Crippen LogP contribution in [0.3, 0.4) is 0 Å². The topological polar surface area (TPSA) is 49.5 Å². The van der Waals surface area contributed by atoms with Gasteiger partial charge in [-0.2, -0.15) is 0 Å². The molecule has 1 unspecified atom stereocenters. The molecule has 1 aliphatic heterocycles. The smallest absolute Gasteiger partial charge is 0.229 e. The molecule has 136 valence electrons. The minimum absolute atomic E-state index is 0.172. The van der Waals surface area contributed by atoms with Crippen molar-refractivity contribution in [1.29, 1.82) is 0 Å². The first kappa shape index (κ1) is 18.0. The lowest BCUT2D eigenvalue weighted by molar-refractivity contribution is 0.122. The number of halogens is 2. The molecule has 0 amide bonds. The predicted octanol–water partition coefficient (Wildman–Crippen LogP) is 4.06. The van der Waals surface area contributed by atoms with Crippen molar-refractivity contribution in [3.8, 4) is 11.5 Å². The molecule has 1 aromatic heterocycles. The Kier molecular flexibility index (Phi) is 5.81. The fraction of sp³-hybridized carbons (Fsp3) is 0.526. The van der Waals surface area contributed by atoms with Crippen molar-refractivity contribution >= 4 is 0 Å². The van der Waals surface area contributed by atoms with Gasteiger partial charge in [0.05, 0.1) is 11.3 Å². The van der Waals surface area contributed by atoms with E-state index in [1.807, 2.05) is 6.92 Å². The van der Waals surface area contributed by atoms with Crippen LogP contribution in [0.1, 0.15) is 43.6 Å². The fourth-order valence-corrected chi connectivity index (χ4v) is 3.47. The van der Waals surface area contributed by atoms with Gasteiger partial charge in [0.15, 0.2) is 0 Å². The molecule has 3 rings (SSSR count). The maximum Gasteiger partial charge on any atom is 0.229 e. The van der Waals surface area contributed by atoms with Crippen LogP contribution < -0.4 is 0 Å². The second-order valence-corrected chi connectivity index (χ2v) is 6.63. The Bertz CT molecular complexity index is 717. The molecule has 2 heterocycles. The van der Waals surface area contributed by atoms with E-state index in [-0.39, 0.29) is 18.1 Å². The molecule has 4 nitrogen and oxygen atoms in total. The zero-order valence-electron chi connectivity index (χ0n) is 14.5. The van der Waals surface area contributed by atoms with Crippen molar-refractivity contribution in [3.63, 3.8) is 0 Å². The highest BCUT2D eigenvalue weighted by Crippen LogP contribution is 2.28. The lowest BCUT2D eigenvalue weighted by atomic mass is 9.98. The van der Waals surface area contributed by atoms with Crippen LogP contribution in [-0.4, -0.2) is 34.2 Å². The minimum Gasteiger partial charge on any atom is -0.441 e. The Morgan fingerprint density at radius 1 is 1.32 bits per heavy atom. The molecule has 2 aromatic rings. The number of aromatic nitrogens is 1. The van der Waals surface area contributed by atoms with Crippen LogP contribution >= 0.6 is 0 Å². The first-order chi connectivity index (χ1) is 12.1. The number of aryl methyl sites for hydroxylation is 1. The molecule has 1 aromatic carbocycles. The normalized spacial score (nSPS) is 18.6. The van der Waals surface area contributed by atoms with Gasteiger partial charge in [0.25, 0.3) is 0 Å². The number of benzene rings is 1. The van der Waals surface area contributed by atoms with Gasteiger partial charge >= 0.3 is 0 Å². The first-order valence-corrected chi connectivity index (χ1v) is 8.85. The molecule has 0 radical (unpaired) electrons. The van der Waals surface area contributed by atoms with Crippen molar-refractivity contribution in [2.75, 3.05) is 13.2 Å². The van der Waals surface area contributed by atoms with E-state index in [2.05, 4.69) is 9.88 Å².